The fraction of sp³-hybridized carbons (Fsp3) is 0.538. The zero-order valence-electron chi connectivity index (χ0n) is 8.80. The molecule has 2 fully saturated rings. The van der Waals surface area contributed by atoms with Gasteiger partial charge in [0.15, 0.2) is 0 Å². The molecule has 2 aliphatic rings. The molecule has 0 amide bonds. The molecule has 2 heteroatoms. The van der Waals surface area contributed by atoms with Gasteiger partial charge in [-0.2, -0.15) is 0 Å². The SMILES string of the molecule is NC1(c2ccccc2F)CC2(CCC2)C1. The van der Waals surface area contributed by atoms with E-state index in [2.05, 4.69) is 0 Å². The van der Waals surface area contributed by atoms with E-state index in [0.29, 0.717) is 11.0 Å². The summed E-state index contributed by atoms with van der Waals surface area (Å²) in [5.41, 5.74) is 7.08. The van der Waals surface area contributed by atoms with Crippen molar-refractivity contribution in [2.45, 2.75) is 37.6 Å². The van der Waals surface area contributed by atoms with Crippen LogP contribution in [0.5, 0.6) is 0 Å². The second kappa shape index (κ2) is 2.82. The van der Waals surface area contributed by atoms with Gasteiger partial charge in [0.1, 0.15) is 5.82 Å². The van der Waals surface area contributed by atoms with Gasteiger partial charge in [0.2, 0.25) is 0 Å². The van der Waals surface area contributed by atoms with Crippen LogP contribution in [0, 0.1) is 11.2 Å². The second-order valence-corrected chi connectivity index (χ2v) is 5.34. The maximum absolute atomic E-state index is 13.6. The zero-order chi connectivity index (χ0) is 10.5. The Bertz CT molecular complexity index is 387. The van der Waals surface area contributed by atoms with E-state index in [1.54, 1.807) is 6.07 Å². The van der Waals surface area contributed by atoms with E-state index >= 15 is 0 Å². The first-order chi connectivity index (χ1) is 7.14. The molecule has 0 heterocycles. The third kappa shape index (κ3) is 1.24. The van der Waals surface area contributed by atoms with Crippen molar-refractivity contribution in [3.05, 3.63) is 35.6 Å². The molecule has 80 valence electrons. The fourth-order valence-corrected chi connectivity index (χ4v) is 3.37. The van der Waals surface area contributed by atoms with Crippen LogP contribution in [-0.4, -0.2) is 0 Å². The summed E-state index contributed by atoms with van der Waals surface area (Å²) < 4.78 is 13.6. The van der Waals surface area contributed by atoms with E-state index in [0.717, 1.165) is 12.8 Å². The lowest BCUT2D eigenvalue weighted by Crippen LogP contribution is -2.58. The lowest BCUT2D eigenvalue weighted by atomic mass is 9.47. The minimum Gasteiger partial charge on any atom is -0.321 e. The number of halogens is 1. The Morgan fingerprint density at radius 3 is 2.33 bits per heavy atom. The molecular formula is C13H16FN. The molecule has 0 bridgehead atoms. The summed E-state index contributed by atoms with van der Waals surface area (Å²) in [6.45, 7) is 0. The number of benzene rings is 1. The van der Waals surface area contributed by atoms with Crippen molar-refractivity contribution in [3.63, 3.8) is 0 Å². The predicted octanol–water partition coefficient (Wildman–Crippen LogP) is 2.94. The normalized spacial score (nSPS) is 25.7. The second-order valence-electron chi connectivity index (χ2n) is 5.34. The van der Waals surface area contributed by atoms with Crippen LogP contribution in [0.15, 0.2) is 24.3 Å². The first-order valence-corrected chi connectivity index (χ1v) is 5.68. The summed E-state index contributed by atoms with van der Waals surface area (Å²) >= 11 is 0. The lowest BCUT2D eigenvalue weighted by molar-refractivity contribution is -0.0476. The van der Waals surface area contributed by atoms with Gasteiger partial charge in [0.25, 0.3) is 0 Å². The van der Waals surface area contributed by atoms with Gasteiger partial charge < -0.3 is 5.73 Å². The third-order valence-corrected chi connectivity index (χ3v) is 4.21. The van der Waals surface area contributed by atoms with Crippen molar-refractivity contribution in [1.29, 1.82) is 0 Å². The van der Waals surface area contributed by atoms with E-state index in [1.165, 1.54) is 25.3 Å². The number of hydrogen-bond acceptors (Lipinski definition) is 1. The van der Waals surface area contributed by atoms with Crippen molar-refractivity contribution in [3.8, 4) is 0 Å². The summed E-state index contributed by atoms with van der Waals surface area (Å²) in [6, 6.07) is 6.94. The Morgan fingerprint density at radius 1 is 1.13 bits per heavy atom. The number of nitrogens with two attached hydrogens (primary N) is 1. The van der Waals surface area contributed by atoms with Crippen LogP contribution >= 0.6 is 0 Å². The molecule has 1 aromatic rings. The first-order valence-electron chi connectivity index (χ1n) is 5.68. The van der Waals surface area contributed by atoms with Gasteiger partial charge in [-0.15, -0.1) is 0 Å². The van der Waals surface area contributed by atoms with Gasteiger partial charge in [0, 0.05) is 11.1 Å². The summed E-state index contributed by atoms with van der Waals surface area (Å²) in [5.74, 6) is -0.144. The van der Waals surface area contributed by atoms with Crippen LogP contribution in [0.2, 0.25) is 0 Å². The van der Waals surface area contributed by atoms with Crippen molar-refractivity contribution >= 4 is 0 Å². The molecule has 15 heavy (non-hydrogen) atoms. The molecule has 3 rings (SSSR count). The standard InChI is InChI=1S/C13H16FN/c14-11-5-2-1-4-10(11)13(15)8-12(9-13)6-3-7-12/h1-2,4-5H,3,6-9,15H2. The highest BCUT2D eigenvalue weighted by molar-refractivity contribution is 5.31. The molecule has 1 nitrogen and oxygen atoms in total. The van der Waals surface area contributed by atoms with Gasteiger partial charge in [0.05, 0.1) is 0 Å². The van der Waals surface area contributed by atoms with Crippen molar-refractivity contribution in [2.75, 3.05) is 0 Å². The average Bonchev–Trinajstić information content (AvgIpc) is 2.11. The van der Waals surface area contributed by atoms with E-state index in [9.17, 15) is 4.39 Å². The molecule has 0 aromatic heterocycles. The maximum atomic E-state index is 13.6. The molecular weight excluding hydrogens is 189 g/mol. The van der Waals surface area contributed by atoms with Crippen LogP contribution in [0.25, 0.3) is 0 Å². The van der Waals surface area contributed by atoms with Crippen LogP contribution in [0.1, 0.15) is 37.7 Å². The third-order valence-electron chi connectivity index (χ3n) is 4.21. The van der Waals surface area contributed by atoms with Crippen LogP contribution in [0.3, 0.4) is 0 Å². The Morgan fingerprint density at radius 2 is 1.80 bits per heavy atom. The molecule has 2 saturated carbocycles. The molecule has 0 atom stereocenters. The topological polar surface area (TPSA) is 26.0 Å². The summed E-state index contributed by atoms with van der Waals surface area (Å²) in [6.07, 6.45) is 5.86. The number of hydrogen-bond donors (Lipinski definition) is 1. The van der Waals surface area contributed by atoms with E-state index < -0.39 is 0 Å². The monoisotopic (exact) mass is 205 g/mol. The largest absolute Gasteiger partial charge is 0.321 e. The Labute approximate surface area is 89.5 Å². The molecule has 0 saturated heterocycles. The van der Waals surface area contributed by atoms with Crippen LogP contribution in [0.4, 0.5) is 4.39 Å². The highest BCUT2D eigenvalue weighted by Crippen LogP contribution is 2.62. The lowest BCUT2D eigenvalue weighted by Gasteiger charge is -2.60. The van der Waals surface area contributed by atoms with Gasteiger partial charge in [-0.1, -0.05) is 24.6 Å². The molecule has 0 unspecified atom stereocenters. The molecule has 2 N–H and O–H groups in total. The molecule has 2 aliphatic carbocycles. The van der Waals surface area contributed by atoms with Crippen LogP contribution < -0.4 is 5.73 Å². The Balaban J connectivity index is 1.86. The van der Waals surface area contributed by atoms with Gasteiger partial charge in [-0.25, -0.2) is 4.39 Å². The molecule has 0 radical (unpaired) electrons. The summed E-state index contributed by atoms with van der Waals surface area (Å²) in [7, 11) is 0. The minimum atomic E-state index is -0.383. The quantitative estimate of drug-likeness (QED) is 0.749. The van der Waals surface area contributed by atoms with E-state index in [4.69, 9.17) is 5.73 Å². The number of rotatable bonds is 1. The van der Waals surface area contributed by atoms with Gasteiger partial charge in [-0.05, 0) is 37.2 Å². The molecule has 1 spiro atoms. The summed E-state index contributed by atoms with van der Waals surface area (Å²) in [4.78, 5) is 0. The van der Waals surface area contributed by atoms with Crippen molar-refractivity contribution in [1.82, 2.24) is 0 Å². The highest BCUT2D eigenvalue weighted by Gasteiger charge is 2.56. The first kappa shape index (κ1) is 9.34. The van der Waals surface area contributed by atoms with E-state index in [-0.39, 0.29) is 11.4 Å². The van der Waals surface area contributed by atoms with Gasteiger partial charge >= 0.3 is 0 Å². The summed E-state index contributed by atoms with van der Waals surface area (Å²) in [5, 5.41) is 0. The minimum absolute atomic E-state index is 0.144. The molecule has 1 aromatic carbocycles. The highest BCUT2D eigenvalue weighted by atomic mass is 19.1. The maximum Gasteiger partial charge on any atom is 0.128 e. The predicted molar refractivity (Wildman–Crippen MR) is 57.8 cm³/mol. The van der Waals surface area contributed by atoms with E-state index in [1.807, 2.05) is 12.1 Å². The Kier molecular flexibility index (Phi) is 1.76. The zero-order valence-corrected chi connectivity index (χ0v) is 8.80. The fourth-order valence-electron chi connectivity index (χ4n) is 3.37. The van der Waals surface area contributed by atoms with Crippen molar-refractivity contribution in [2.24, 2.45) is 11.1 Å². The molecule has 0 aliphatic heterocycles. The van der Waals surface area contributed by atoms with Crippen LogP contribution in [-0.2, 0) is 5.54 Å². The van der Waals surface area contributed by atoms with Gasteiger partial charge in [-0.3, -0.25) is 0 Å². The smallest absolute Gasteiger partial charge is 0.128 e. The average molecular weight is 205 g/mol. The Hall–Kier alpha value is -0.890. The van der Waals surface area contributed by atoms with Crippen molar-refractivity contribution < 1.29 is 4.39 Å².